The molecule has 172 valence electrons. The van der Waals surface area contributed by atoms with Gasteiger partial charge in [0.15, 0.2) is 0 Å². The van der Waals surface area contributed by atoms with E-state index < -0.39 is 5.97 Å². The van der Waals surface area contributed by atoms with Gasteiger partial charge in [-0.2, -0.15) is 0 Å². The zero-order valence-electron chi connectivity index (χ0n) is 19.5. The fraction of sp³-hybridized carbons (Fsp3) is 0.444. The molecular formula is C27H35NO4. The largest absolute Gasteiger partial charge is 0.491 e. The van der Waals surface area contributed by atoms with Crippen LogP contribution in [-0.4, -0.2) is 44.0 Å². The highest BCUT2D eigenvalue weighted by Crippen LogP contribution is 2.33. The number of benzene rings is 2. The van der Waals surface area contributed by atoms with Crippen LogP contribution in [0.3, 0.4) is 0 Å². The Bertz CT molecular complexity index is 920. The summed E-state index contributed by atoms with van der Waals surface area (Å²) in [5.74, 6) is 0.574. The summed E-state index contributed by atoms with van der Waals surface area (Å²) >= 11 is 0. The molecule has 0 spiro atoms. The summed E-state index contributed by atoms with van der Waals surface area (Å²) < 4.78 is 11.3. The Morgan fingerprint density at radius 3 is 2.53 bits per heavy atom. The van der Waals surface area contributed by atoms with E-state index in [2.05, 4.69) is 36.9 Å². The fourth-order valence-corrected chi connectivity index (χ4v) is 3.90. The van der Waals surface area contributed by atoms with E-state index in [1.807, 2.05) is 24.3 Å². The lowest BCUT2D eigenvalue weighted by molar-refractivity contribution is -0.132. The Hall–Kier alpha value is -2.79. The van der Waals surface area contributed by atoms with Crippen LogP contribution >= 0.6 is 0 Å². The molecule has 5 heteroatoms. The first-order chi connectivity index (χ1) is 15.5. The summed E-state index contributed by atoms with van der Waals surface area (Å²) in [6.07, 6.45) is 5.15. The number of hydrogen-bond acceptors (Lipinski definition) is 4. The van der Waals surface area contributed by atoms with Crippen molar-refractivity contribution in [3.8, 4) is 16.9 Å². The highest BCUT2D eigenvalue weighted by molar-refractivity contribution is 5.93. The first-order valence-corrected chi connectivity index (χ1v) is 11.6. The molecule has 1 fully saturated rings. The molecular weight excluding hydrogens is 402 g/mol. The van der Waals surface area contributed by atoms with Crippen LogP contribution in [0.5, 0.6) is 5.75 Å². The number of rotatable bonds is 11. The van der Waals surface area contributed by atoms with Gasteiger partial charge in [0.05, 0.1) is 6.61 Å². The average molecular weight is 438 g/mol. The molecule has 1 N–H and O–H groups in total. The van der Waals surface area contributed by atoms with Crippen LogP contribution in [0.4, 0.5) is 5.69 Å². The molecule has 1 heterocycles. The maximum absolute atomic E-state index is 11.4. The minimum atomic E-state index is -0.892. The average Bonchev–Trinajstić information content (AvgIpc) is 3.22. The summed E-state index contributed by atoms with van der Waals surface area (Å²) in [5.41, 5.74) is 4.50. The van der Waals surface area contributed by atoms with Crippen LogP contribution in [-0.2, 0) is 9.53 Å². The van der Waals surface area contributed by atoms with E-state index >= 15 is 0 Å². The molecule has 32 heavy (non-hydrogen) atoms. The molecule has 1 unspecified atom stereocenters. The van der Waals surface area contributed by atoms with Gasteiger partial charge in [-0.25, -0.2) is 4.79 Å². The van der Waals surface area contributed by atoms with Gasteiger partial charge in [-0.3, -0.25) is 0 Å². The summed E-state index contributed by atoms with van der Waals surface area (Å²) in [6, 6.07) is 14.3. The van der Waals surface area contributed by atoms with E-state index in [1.165, 1.54) is 0 Å². The van der Waals surface area contributed by atoms with Crippen molar-refractivity contribution < 1.29 is 19.4 Å². The zero-order valence-corrected chi connectivity index (χ0v) is 19.5. The van der Waals surface area contributed by atoms with E-state index in [9.17, 15) is 9.90 Å². The van der Waals surface area contributed by atoms with Gasteiger partial charge in [-0.1, -0.05) is 38.5 Å². The van der Waals surface area contributed by atoms with Crippen molar-refractivity contribution in [1.82, 2.24) is 0 Å². The van der Waals surface area contributed by atoms with Crippen molar-refractivity contribution in [2.75, 3.05) is 37.8 Å². The monoisotopic (exact) mass is 437 g/mol. The van der Waals surface area contributed by atoms with Gasteiger partial charge < -0.3 is 19.5 Å². The summed E-state index contributed by atoms with van der Waals surface area (Å²) in [5, 5.41) is 9.38. The molecule has 0 radical (unpaired) electrons. The van der Waals surface area contributed by atoms with Gasteiger partial charge in [0.2, 0.25) is 0 Å². The smallest absolute Gasteiger partial charge is 0.331 e. The first-order valence-electron chi connectivity index (χ1n) is 11.6. The van der Waals surface area contributed by atoms with Crippen LogP contribution in [0, 0.1) is 5.92 Å². The predicted octanol–water partition coefficient (Wildman–Crippen LogP) is 5.88. The molecule has 3 rings (SSSR count). The predicted molar refractivity (Wildman–Crippen MR) is 130 cm³/mol. The van der Waals surface area contributed by atoms with Crippen LogP contribution in [0.2, 0.25) is 0 Å². The second-order valence-electron chi connectivity index (χ2n) is 8.58. The van der Waals surface area contributed by atoms with Crippen molar-refractivity contribution in [2.45, 2.75) is 40.0 Å². The summed E-state index contributed by atoms with van der Waals surface area (Å²) in [4.78, 5) is 13.8. The van der Waals surface area contributed by atoms with Crippen molar-refractivity contribution >= 4 is 17.7 Å². The number of carboxylic acids is 1. The maximum Gasteiger partial charge on any atom is 0.331 e. The number of aliphatic carboxylic acids is 1. The molecule has 1 atom stereocenters. The summed E-state index contributed by atoms with van der Waals surface area (Å²) in [7, 11) is 0. The van der Waals surface area contributed by atoms with Crippen molar-refractivity contribution in [1.29, 1.82) is 0 Å². The second-order valence-corrected chi connectivity index (χ2v) is 8.58. The van der Waals surface area contributed by atoms with Crippen LogP contribution in [0.15, 0.2) is 48.0 Å². The van der Waals surface area contributed by atoms with Crippen LogP contribution in [0.25, 0.3) is 17.2 Å². The van der Waals surface area contributed by atoms with Crippen LogP contribution in [0.1, 0.15) is 45.6 Å². The Morgan fingerprint density at radius 2 is 1.88 bits per heavy atom. The van der Waals surface area contributed by atoms with E-state index in [1.54, 1.807) is 13.0 Å². The maximum atomic E-state index is 11.4. The van der Waals surface area contributed by atoms with E-state index in [0.29, 0.717) is 24.7 Å². The Balaban J connectivity index is 1.74. The third-order valence-electron chi connectivity index (χ3n) is 5.83. The lowest BCUT2D eigenvalue weighted by Gasteiger charge is -2.22. The molecule has 1 aliphatic heterocycles. The van der Waals surface area contributed by atoms with Gasteiger partial charge >= 0.3 is 5.97 Å². The quantitative estimate of drug-likeness (QED) is 0.351. The minimum absolute atomic E-state index is 0.334. The lowest BCUT2D eigenvalue weighted by Crippen LogP contribution is -2.20. The molecule has 1 saturated heterocycles. The SMILES string of the molecule is CCCCOCCOc1ccc(-c2ccc(N3CCC(C)C3)c(/C=C(\C)C(=O)O)c2)cc1. The second kappa shape index (κ2) is 11.7. The van der Waals surface area contributed by atoms with Crippen molar-refractivity contribution in [3.05, 3.63) is 53.6 Å². The molecule has 0 bridgehead atoms. The highest BCUT2D eigenvalue weighted by Gasteiger charge is 2.21. The Labute approximate surface area is 191 Å². The standard InChI is InChI=1S/C27H35NO4/c1-4-5-14-31-15-16-32-25-9-6-22(7-10-25)23-8-11-26(28-13-12-20(2)19-28)24(18-23)17-21(3)27(29)30/h6-11,17-18,20H,4-5,12-16,19H2,1-3H3,(H,29,30)/b21-17+. The van der Waals surface area contributed by atoms with Gasteiger partial charge in [0.1, 0.15) is 12.4 Å². The van der Waals surface area contributed by atoms with Gasteiger partial charge in [-0.05, 0) is 72.7 Å². The molecule has 0 aliphatic carbocycles. The first kappa shape index (κ1) is 23.9. The van der Waals surface area contributed by atoms with E-state index in [4.69, 9.17) is 9.47 Å². The van der Waals surface area contributed by atoms with E-state index in [-0.39, 0.29) is 0 Å². The number of carbonyl (C=O) groups is 1. The minimum Gasteiger partial charge on any atom is -0.491 e. The van der Waals surface area contributed by atoms with Crippen molar-refractivity contribution in [3.63, 3.8) is 0 Å². The van der Waals surface area contributed by atoms with Gasteiger partial charge in [0, 0.05) is 31.0 Å². The van der Waals surface area contributed by atoms with E-state index in [0.717, 1.165) is 67.1 Å². The molecule has 0 aromatic heterocycles. The number of anilines is 1. The molecule has 2 aromatic rings. The zero-order chi connectivity index (χ0) is 22.9. The number of unbranched alkanes of at least 4 members (excludes halogenated alkanes) is 1. The summed E-state index contributed by atoms with van der Waals surface area (Å²) in [6.45, 7) is 9.96. The Kier molecular flexibility index (Phi) is 8.74. The van der Waals surface area contributed by atoms with Gasteiger partial charge in [0.25, 0.3) is 0 Å². The number of nitrogens with zero attached hydrogens (tertiary/aromatic N) is 1. The molecule has 2 aromatic carbocycles. The molecule has 1 aliphatic rings. The molecule has 0 saturated carbocycles. The topological polar surface area (TPSA) is 59.0 Å². The lowest BCUT2D eigenvalue weighted by atomic mass is 10.00. The molecule has 0 amide bonds. The number of hydrogen-bond donors (Lipinski definition) is 1. The van der Waals surface area contributed by atoms with Crippen LogP contribution < -0.4 is 9.64 Å². The highest BCUT2D eigenvalue weighted by atomic mass is 16.5. The van der Waals surface area contributed by atoms with Crippen molar-refractivity contribution in [2.24, 2.45) is 5.92 Å². The number of ether oxygens (including phenoxy) is 2. The Morgan fingerprint density at radius 1 is 1.12 bits per heavy atom. The fourth-order valence-electron chi connectivity index (χ4n) is 3.90. The third-order valence-corrected chi connectivity index (χ3v) is 5.83. The number of carboxylic acid groups (broad SMARTS) is 1. The third kappa shape index (κ3) is 6.60. The molecule has 5 nitrogen and oxygen atoms in total. The van der Waals surface area contributed by atoms with Gasteiger partial charge in [-0.15, -0.1) is 0 Å². The normalized spacial score (nSPS) is 16.4.